The van der Waals surface area contributed by atoms with Crippen LogP contribution in [0.4, 0.5) is 5.82 Å². The van der Waals surface area contributed by atoms with E-state index in [4.69, 9.17) is 10.5 Å². The van der Waals surface area contributed by atoms with Crippen molar-refractivity contribution in [2.24, 2.45) is 0 Å². The fourth-order valence-corrected chi connectivity index (χ4v) is 1.80. The number of nitrogens with two attached hydrogens (primary N) is 1. The lowest BCUT2D eigenvalue weighted by molar-refractivity contribution is 0.119. The smallest absolute Gasteiger partial charge is 0.130 e. The molecular weight excluding hydrogens is 226 g/mol. The Balaban J connectivity index is 2.37. The highest BCUT2D eigenvalue weighted by Crippen LogP contribution is 2.25. The molecule has 1 aromatic heterocycles. The molecule has 0 amide bonds. The molecule has 0 aliphatic heterocycles. The number of ether oxygens (including phenoxy) is 1. The highest BCUT2D eigenvalue weighted by Gasteiger charge is 2.08. The van der Waals surface area contributed by atoms with Gasteiger partial charge in [0.1, 0.15) is 12.1 Å². The largest absolute Gasteiger partial charge is 0.383 e. The van der Waals surface area contributed by atoms with E-state index in [2.05, 4.69) is 9.97 Å². The van der Waals surface area contributed by atoms with E-state index < -0.39 is 0 Å². The number of benzene rings is 1. The first-order chi connectivity index (χ1) is 8.63. The van der Waals surface area contributed by atoms with Crippen molar-refractivity contribution in [2.75, 3.05) is 12.8 Å². The second-order valence-corrected chi connectivity index (χ2v) is 4.23. The predicted molar refractivity (Wildman–Crippen MR) is 72.0 cm³/mol. The van der Waals surface area contributed by atoms with Crippen LogP contribution in [0, 0.1) is 6.92 Å². The van der Waals surface area contributed by atoms with Gasteiger partial charge in [-0.3, -0.25) is 0 Å². The zero-order chi connectivity index (χ0) is 13.1. The molecule has 1 atom stereocenters. The molecule has 0 radical (unpaired) electrons. The van der Waals surface area contributed by atoms with Crippen LogP contribution in [0.1, 0.15) is 24.2 Å². The monoisotopic (exact) mass is 243 g/mol. The van der Waals surface area contributed by atoms with E-state index in [0.717, 1.165) is 22.4 Å². The molecule has 1 unspecified atom stereocenters. The minimum atomic E-state index is 0.0932. The van der Waals surface area contributed by atoms with E-state index in [-0.39, 0.29) is 6.10 Å². The zero-order valence-corrected chi connectivity index (χ0v) is 10.8. The van der Waals surface area contributed by atoms with Crippen LogP contribution in [-0.2, 0) is 4.74 Å². The van der Waals surface area contributed by atoms with Crippen molar-refractivity contribution < 1.29 is 4.74 Å². The summed E-state index contributed by atoms with van der Waals surface area (Å²) in [5.74, 6) is 0.523. The van der Waals surface area contributed by atoms with Gasteiger partial charge in [-0.1, -0.05) is 24.3 Å². The molecule has 1 heterocycles. The van der Waals surface area contributed by atoms with Crippen LogP contribution < -0.4 is 5.73 Å². The van der Waals surface area contributed by atoms with Crippen LogP contribution in [0.15, 0.2) is 30.6 Å². The Labute approximate surface area is 107 Å². The molecule has 2 N–H and O–H groups in total. The summed E-state index contributed by atoms with van der Waals surface area (Å²) in [7, 11) is 1.70. The molecular formula is C14H17N3O. The summed E-state index contributed by atoms with van der Waals surface area (Å²) in [4.78, 5) is 8.25. The van der Waals surface area contributed by atoms with Crippen LogP contribution >= 0.6 is 0 Å². The van der Waals surface area contributed by atoms with Gasteiger partial charge < -0.3 is 10.5 Å². The number of rotatable bonds is 3. The second-order valence-electron chi connectivity index (χ2n) is 4.23. The zero-order valence-electron chi connectivity index (χ0n) is 10.8. The molecule has 0 saturated heterocycles. The summed E-state index contributed by atoms with van der Waals surface area (Å²) in [6, 6.07) is 8.14. The lowest BCUT2D eigenvalue weighted by Gasteiger charge is -2.11. The average molecular weight is 243 g/mol. The minimum absolute atomic E-state index is 0.0932. The van der Waals surface area contributed by atoms with E-state index >= 15 is 0 Å². The highest BCUT2D eigenvalue weighted by molar-refractivity contribution is 5.66. The maximum Gasteiger partial charge on any atom is 0.130 e. The van der Waals surface area contributed by atoms with Gasteiger partial charge in [0.25, 0.3) is 0 Å². The normalized spacial score (nSPS) is 12.4. The van der Waals surface area contributed by atoms with Gasteiger partial charge in [0.2, 0.25) is 0 Å². The van der Waals surface area contributed by atoms with Crippen molar-refractivity contribution in [3.63, 3.8) is 0 Å². The number of hydrogen-bond acceptors (Lipinski definition) is 4. The van der Waals surface area contributed by atoms with Crippen LogP contribution in [0.25, 0.3) is 11.3 Å². The first-order valence-corrected chi connectivity index (χ1v) is 5.83. The number of nitrogens with zero attached hydrogens (tertiary/aromatic N) is 2. The van der Waals surface area contributed by atoms with Gasteiger partial charge in [-0.25, -0.2) is 9.97 Å². The fourth-order valence-electron chi connectivity index (χ4n) is 1.80. The molecule has 94 valence electrons. The summed E-state index contributed by atoms with van der Waals surface area (Å²) in [5.41, 5.74) is 9.74. The van der Waals surface area contributed by atoms with Gasteiger partial charge in [0.05, 0.1) is 11.8 Å². The molecule has 4 nitrogen and oxygen atoms in total. The van der Waals surface area contributed by atoms with Gasteiger partial charge in [0, 0.05) is 18.2 Å². The first kappa shape index (κ1) is 12.5. The van der Waals surface area contributed by atoms with Crippen molar-refractivity contribution in [3.8, 4) is 11.3 Å². The molecule has 0 saturated carbocycles. The number of methoxy groups -OCH3 is 1. The van der Waals surface area contributed by atoms with Crippen molar-refractivity contribution in [2.45, 2.75) is 20.0 Å². The van der Waals surface area contributed by atoms with Gasteiger partial charge in [-0.05, 0) is 19.4 Å². The maximum absolute atomic E-state index is 5.79. The molecule has 0 fully saturated rings. The van der Waals surface area contributed by atoms with E-state index in [1.165, 1.54) is 6.33 Å². The van der Waals surface area contributed by atoms with Gasteiger partial charge in [-0.2, -0.15) is 0 Å². The molecule has 0 bridgehead atoms. The molecule has 0 spiro atoms. The lowest BCUT2D eigenvalue weighted by atomic mass is 10.0. The standard InChI is InChI=1S/C14H17N3O/c1-9-13(16-8-17-14(9)15)12-6-4-11(5-7-12)10(2)18-3/h4-8,10H,1-3H3,(H2,15,16,17). The van der Waals surface area contributed by atoms with Crippen molar-refractivity contribution in [1.29, 1.82) is 0 Å². The maximum atomic E-state index is 5.79. The summed E-state index contributed by atoms with van der Waals surface area (Å²) >= 11 is 0. The van der Waals surface area contributed by atoms with E-state index in [1.54, 1.807) is 7.11 Å². The topological polar surface area (TPSA) is 61.0 Å². The Hall–Kier alpha value is -1.94. The molecule has 0 aliphatic rings. The third kappa shape index (κ3) is 2.33. The van der Waals surface area contributed by atoms with E-state index in [1.807, 2.05) is 38.1 Å². The molecule has 0 aliphatic carbocycles. The van der Waals surface area contributed by atoms with Crippen LogP contribution in [0.2, 0.25) is 0 Å². The van der Waals surface area contributed by atoms with Crippen molar-refractivity contribution in [3.05, 3.63) is 41.7 Å². The summed E-state index contributed by atoms with van der Waals surface area (Å²) < 4.78 is 5.28. The Morgan fingerprint density at radius 1 is 1.17 bits per heavy atom. The second kappa shape index (κ2) is 5.14. The lowest BCUT2D eigenvalue weighted by Crippen LogP contribution is -1.99. The SMILES string of the molecule is COC(C)c1ccc(-c2ncnc(N)c2C)cc1. The summed E-state index contributed by atoms with van der Waals surface area (Å²) in [6.45, 7) is 3.94. The number of hydrogen-bond donors (Lipinski definition) is 1. The predicted octanol–water partition coefficient (Wildman–Crippen LogP) is 2.74. The van der Waals surface area contributed by atoms with Gasteiger partial charge >= 0.3 is 0 Å². The molecule has 2 aromatic rings. The Morgan fingerprint density at radius 2 is 1.83 bits per heavy atom. The van der Waals surface area contributed by atoms with Crippen molar-refractivity contribution >= 4 is 5.82 Å². The van der Waals surface area contributed by atoms with E-state index in [9.17, 15) is 0 Å². The Bertz CT molecular complexity index is 537. The molecule has 2 rings (SSSR count). The third-order valence-electron chi connectivity index (χ3n) is 3.13. The van der Waals surface area contributed by atoms with Crippen molar-refractivity contribution in [1.82, 2.24) is 9.97 Å². The average Bonchev–Trinajstić information content (AvgIpc) is 2.41. The summed E-state index contributed by atoms with van der Waals surface area (Å²) in [5, 5.41) is 0. The summed E-state index contributed by atoms with van der Waals surface area (Å²) in [6.07, 6.45) is 1.58. The molecule has 18 heavy (non-hydrogen) atoms. The van der Waals surface area contributed by atoms with Gasteiger partial charge in [0.15, 0.2) is 0 Å². The third-order valence-corrected chi connectivity index (χ3v) is 3.13. The highest BCUT2D eigenvalue weighted by atomic mass is 16.5. The molecule has 4 heteroatoms. The van der Waals surface area contributed by atoms with Gasteiger partial charge in [-0.15, -0.1) is 0 Å². The fraction of sp³-hybridized carbons (Fsp3) is 0.286. The van der Waals surface area contributed by atoms with Crippen LogP contribution in [0.5, 0.6) is 0 Å². The quantitative estimate of drug-likeness (QED) is 0.900. The number of aromatic nitrogens is 2. The minimum Gasteiger partial charge on any atom is -0.383 e. The Morgan fingerprint density at radius 3 is 2.44 bits per heavy atom. The van der Waals surface area contributed by atoms with E-state index in [0.29, 0.717) is 5.82 Å². The Kier molecular flexibility index (Phi) is 3.58. The van der Waals surface area contributed by atoms with Crippen LogP contribution in [0.3, 0.4) is 0 Å². The number of nitrogen functional groups attached to an aromatic ring is 1. The van der Waals surface area contributed by atoms with Crippen LogP contribution in [-0.4, -0.2) is 17.1 Å². The number of anilines is 1. The molecule has 1 aromatic carbocycles. The first-order valence-electron chi connectivity index (χ1n) is 5.83.